The van der Waals surface area contributed by atoms with E-state index in [1.807, 2.05) is 6.92 Å². The highest BCUT2D eigenvalue weighted by atomic mass is 32.2. The number of hydrogen-bond acceptors (Lipinski definition) is 9. The fourth-order valence-electron chi connectivity index (χ4n) is 3.85. The molecule has 34 heavy (non-hydrogen) atoms. The molecule has 4 rings (SSSR count). The lowest BCUT2D eigenvalue weighted by molar-refractivity contribution is 0.144. The fourth-order valence-corrected chi connectivity index (χ4v) is 5.24. The summed E-state index contributed by atoms with van der Waals surface area (Å²) < 4.78 is 39.0. The van der Waals surface area contributed by atoms with E-state index in [1.54, 1.807) is 7.11 Å². The maximum absolute atomic E-state index is 13.4. The summed E-state index contributed by atoms with van der Waals surface area (Å²) in [6.45, 7) is 7.48. The van der Waals surface area contributed by atoms with E-state index in [-0.39, 0.29) is 34.3 Å². The molecule has 1 fully saturated rings. The number of H-pyrrole nitrogens is 2. The number of hydrogen-bond donors (Lipinski definition) is 2. The predicted molar refractivity (Wildman–Crippen MR) is 125 cm³/mol. The maximum Gasteiger partial charge on any atom is 0.279 e. The summed E-state index contributed by atoms with van der Waals surface area (Å²) >= 11 is 0. The Morgan fingerprint density at radius 1 is 1.12 bits per heavy atom. The Morgan fingerprint density at radius 3 is 2.56 bits per heavy atom. The number of nitrogens with zero attached hydrogens (tertiary/aromatic N) is 5. The molecular formula is C21H29N7O5S. The Balaban J connectivity index is 1.78. The first-order valence-electron chi connectivity index (χ1n) is 11.2. The van der Waals surface area contributed by atoms with Crippen molar-refractivity contribution in [2.24, 2.45) is 0 Å². The van der Waals surface area contributed by atoms with Crippen LogP contribution >= 0.6 is 0 Å². The number of methoxy groups -OCH3 is 1. The SMILES string of the molecule is CCc1[nH]nc2c(=O)[nH]c(-c3cc(S(=O)(=O)N4CCN(CC)CC4)cnc3OCCOC)nc12. The standard InChI is InChI=1S/C21H29N7O5S/c1-4-16-17-18(26-25-16)20(29)24-19(23-17)15-12-14(13-22-21(15)33-11-10-32-3)34(30,31)28-8-6-27(5-2)7-9-28/h12-13H,4-11H2,1-3H3,(H,25,26)(H,23,24,29). The van der Waals surface area contributed by atoms with Crippen LogP contribution in [0, 0.1) is 0 Å². The van der Waals surface area contributed by atoms with Gasteiger partial charge in [-0.05, 0) is 19.0 Å². The Labute approximate surface area is 197 Å². The van der Waals surface area contributed by atoms with E-state index in [2.05, 4.69) is 37.0 Å². The van der Waals surface area contributed by atoms with Gasteiger partial charge < -0.3 is 19.4 Å². The van der Waals surface area contributed by atoms with E-state index in [0.717, 1.165) is 6.54 Å². The molecule has 0 spiro atoms. The van der Waals surface area contributed by atoms with Gasteiger partial charge in [0.25, 0.3) is 5.56 Å². The summed E-state index contributed by atoms with van der Waals surface area (Å²) in [6.07, 6.45) is 1.87. The zero-order valence-electron chi connectivity index (χ0n) is 19.5. The summed E-state index contributed by atoms with van der Waals surface area (Å²) in [7, 11) is -2.25. The third-order valence-corrected chi connectivity index (χ3v) is 7.72. The summed E-state index contributed by atoms with van der Waals surface area (Å²) in [5.74, 6) is 0.303. The lowest BCUT2D eigenvalue weighted by Crippen LogP contribution is -2.48. The molecule has 12 nitrogen and oxygen atoms in total. The highest BCUT2D eigenvalue weighted by Crippen LogP contribution is 2.30. The zero-order chi connectivity index (χ0) is 24.3. The molecule has 4 heterocycles. The zero-order valence-corrected chi connectivity index (χ0v) is 20.3. The number of nitrogens with one attached hydrogen (secondary N) is 2. The maximum atomic E-state index is 13.4. The molecule has 0 radical (unpaired) electrons. The van der Waals surface area contributed by atoms with Crippen molar-refractivity contribution in [3.05, 3.63) is 28.3 Å². The number of piperazine rings is 1. The van der Waals surface area contributed by atoms with Crippen molar-refractivity contribution in [2.45, 2.75) is 25.2 Å². The van der Waals surface area contributed by atoms with Crippen LogP contribution in [0.5, 0.6) is 5.88 Å². The Bertz CT molecular complexity index is 1310. The van der Waals surface area contributed by atoms with Gasteiger partial charge in [0, 0.05) is 33.3 Å². The number of aromatic amines is 2. The van der Waals surface area contributed by atoms with Crippen molar-refractivity contribution in [1.29, 1.82) is 0 Å². The number of ether oxygens (including phenoxy) is 2. The molecule has 2 N–H and O–H groups in total. The largest absolute Gasteiger partial charge is 0.475 e. The molecule has 0 aliphatic carbocycles. The van der Waals surface area contributed by atoms with Crippen LogP contribution in [0.25, 0.3) is 22.4 Å². The molecule has 0 atom stereocenters. The van der Waals surface area contributed by atoms with Gasteiger partial charge in [0.15, 0.2) is 5.52 Å². The minimum Gasteiger partial charge on any atom is -0.475 e. The number of sulfonamides is 1. The van der Waals surface area contributed by atoms with Crippen LogP contribution < -0.4 is 10.3 Å². The molecule has 184 valence electrons. The molecule has 0 saturated carbocycles. The normalized spacial score (nSPS) is 15.7. The Kier molecular flexibility index (Phi) is 7.26. The third-order valence-electron chi connectivity index (χ3n) is 5.86. The predicted octanol–water partition coefficient (Wildman–Crippen LogP) is 0.622. The van der Waals surface area contributed by atoms with Crippen LogP contribution in [0.2, 0.25) is 0 Å². The quantitative estimate of drug-likeness (QED) is 0.411. The summed E-state index contributed by atoms with van der Waals surface area (Å²) in [5.41, 5.74) is 1.14. The number of rotatable bonds is 9. The molecule has 0 aromatic carbocycles. The number of pyridine rings is 1. The summed E-state index contributed by atoms with van der Waals surface area (Å²) in [6, 6.07) is 1.45. The molecule has 1 aliphatic rings. The van der Waals surface area contributed by atoms with Gasteiger partial charge in [-0.1, -0.05) is 13.8 Å². The highest BCUT2D eigenvalue weighted by molar-refractivity contribution is 7.89. The van der Waals surface area contributed by atoms with Gasteiger partial charge in [0.1, 0.15) is 22.8 Å². The first kappa shape index (κ1) is 24.3. The van der Waals surface area contributed by atoms with Gasteiger partial charge in [0.05, 0.1) is 24.1 Å². The van der Waals surface area contributed by atoms with Crippen LogP contribution in [-0.2, 0) is 21.2 Å². The molecule has 13 heteroatoms. The molecule has 3 aromatic heterocycles. The monoisotopic (exact) mass is 491 g/mol. The van der Waals surface area contributed by atoms with Gasteiger partial charge in [-0.25, -0.2) is 18.4 Å². The number of fused-ring (bicyclic) bond motifs is 1. The molecular weight excluding hydrogens is 462 g/mol. The van der Waals surface area contributed by atoms with Gasteiger partial charge in [0.2, 0.25) is 15.9 Å². The first-order chi connectivity index (χ1) is 16.4. The van der Waals surface area contributed by atoms with Crippen LogP contribution in [0.3, 0.4) is 0 Å². The lowest BCUT2D eigenvalue weighted by Gasteiger charge is -2.33. The van der Waals surface area contributed by atoms with Crippen molar-refractivity contribution in [3.63, 3.8) is 0 Å². The van der Waals surface area contributed by atoms with E-state index in [1.165, 1.54) is 16.6 Å². The van der Waals surface area contributed by atoms with E-state index >= 15 is 0 Å². The fraction of sp³-hybridized carbons (Fsp3) is 0.524. The second-order valence-corrected chi connectivity index (χ2v) is 9.81. The molecule has 0 bridgehead atoms. The van der Waals surface area contributed by atoms with Crippen molar-refractivity contribution < 1.29 is 17.9 Å². The van der Waals surface area contributed by atoms with Crippen LogP contribution in [0.1, 0.15) is 19.5 Å². The number of aromatic nitrogens is 5. The second kappa shape index (κ2) is 10.2. The van der Waals surface area contributed by atoms with Crippen molar-refractivity contribution in [2.75, 3.05) is 53.0 Å². The number of aryl methyl sites for hydroxylation is 1. The van der Waals surface area contributed by atoms with Crippen LogP contribution in [-0.4, -0.2) is 95.8 Å². The summed E-state index contributed by atoms with van der Waals surface area (Å²) in [4.78, 5) is 26.4. The topological polar surface area (TPSA) is 146 Å². The van der Waals surface area contributed by atoms with Crippen LogP contribution in [0.4, 0.5) is 0 Å². The van der Waals surface area contributed by atoms with E-state index in [0.29, 0.717) is 50.4 Å². The van der Waals surface area contributed by atoms with Gasteiger partial charge in [-0.2, -0.15) is 9.40 Å². The smallest absolute Gasteiger partial charge is 0.279 e. The van der Waals surface area contributed by atoms with Gasteiger partial charge >= 0.3 is 0 Å². The van der Waals surface area contributed by atoms with Crippen molar-refractivity contribution in [3.8, 4) is 17.3 Å². The highest BCUT2D eigenvalue weighted by Gasteiger charge is 2.30. The molecule has 1 aliphatic heterocycles. The number of likely N-dealkylation sites (N-methyl/N-ethyl adjacent to an activating group) is 1. The van der Waals surface area contributed by atoms with E-state index in [4.69, 9.17) is 9.47 Å². The first-order valence-corrected chi connectivity index (χ1v) is 12.6. The van der Waals surface area contributed by atoms with Gasteiger partial charge in [-0.3, -0.25) is 9.89 Å². The second-order valence-electron chi connectivity index (χ2n) is 7.87. The van der Waals surface area contributed by atoms with E-state index < -0.39 is 15.6 Å². The van der Waals surface area contributed by atoms with Crippen molar-refractivity contribution >= 4 is 21.1 Å². The summed E-state index contributed by atoms with van der Waals surface area (Å²) in [5, 5.41) is 6.86. The van der Waals surface area contributed by atoms with Crippen molar-refractivity contribution in [1.82, 2.24) is 34.4 Å². The van der Waals surface area contributed by atoms with Gasteiger partial charge in [-0.15, -0.1) is 0 Å². The minimum atomic E-state index is -3.80. The third kappa shape index (κ3) is 4.69. The average molecular weight is 492 g/mol. The Hall–Kier alpha value is -2.87. The molecule has 1 saturated heterocycles. The lowest BCUT2D eigenvalue weighted by atomic mass is 10.2. The van der Waals surface area contributed by atoms with Crippen LogP contribution in [0.15, 0.2) is 22.0 Å². The minimum absolute atomic E-state index is 0.0113. The molecule has 0 amide bonds. The molecule has 0 unspecified atom stereocenters. The van der Waals surface area contributed by atoms with E-state index in [9.17, 15) is 13.2 Å². The Morgan fingerprint density at radius 2 is 1.88 bits per heavy atom. The molecule has 3 aromatic rings. The average Bonchev–Trinajstić information content (AvgIpc) is 3.28.